The van der Waals surface area contributed by atoms with Crippen molar-refractivity contribution in [2.45, 2.75) is 6.92 Å². The lowest BCUT2D eigenvalue weighted by Crippen LogP contribution is -1.82. The zero-order chi connectivity index (χ0) is 7.68. The molecule has 2 nitrogen and oxygen atoms in total. The Bertz CT molecular complexity index is 382. The van der Waals surface area contributed by atoms with E-state index in [1.165, 1.54) is 5.56 Å². The van der Waals surface area contributed by atoms with Crippen molar-refractivity contribution in [3.05, 3.63) is 36.2 Å². The summed E-state index contributed by atoms with van der Waals surface area (Å²) in [5, 5.41) is 0. The molecule has 2 aromatic rings. The predicted octanol–water partition coefficient (Wildman–Crippen LogP) is 1.74. The van der Waals surface area contributed by atoms with Crippen LogP contribution in [0, 0.1) is 13.1 Å². The molecule has 1 aromatic heterocycles. The van der Waals surface area contributed by atoms with Crippen molar-refractivity contribution in [2.24, 2.45) is 0 Å². The number of benzene rings is 1. The molecular formula is C9H7N2. The highest BCUT2D eigenvalue weighted by atomic mass is 14.8. The van der Waals surface area contributed by atoms with Gasteiger partial charge in [-0.2, -0.15) is 0 Å². The topological polar surface area (TPSA) is 25.8 Å². The first kappa shape index (κ1) is 6.28. The second-order valence-electron chi connectivity index (χ2n) is 2.49. The molecule has 11 heavy (non-hydrogen) atoms. The van der Waals surface area contributed by atoms with Gasteiger partial charge in [0.2, 0.25) is 0 Å². The van der Waals surface area contributed by atoms with Gasteiger partial charge in [-0.15, -0.1) is 0 Å². The van der Waals surface area contributed by atoms with Crippen molar-refractivity contribution in [3.8, 4) is 0 Å². The molecule has 0 aliphatic heterocycles. The first-order valence-corrected chi connectivity index (χ1v) is 3.46. The molecule has 0 aliphatic carbocycles. The van der Waals surface area contributed by atoms with Crippen molar-refractivity contribution >= 4 is 11.0 Å². The van der Waals surface area contributed by atoms with Crippen molar-refractivity contribution < 1.29 is 0 Å². The highest BCUT2D eigenvalue weighted by molar-refractivity contribution is 5.74. The minimum absolute atomic E-state index is 0.901. The van der Waals surface area contributed by atoms with Gasteiger partial charge in [0.05, 0.1) is 17.2 Å². The van der Waals surface area contributed by atoms with Crippen LogP contribution in [0.1, 0.15) is 5.56 Å². The predicted molar refractivity (Wildman–Crippen MR) is 43.1 cm³/mol. The van der Waals surface area contributed by atoms with Gasteiger partial charge in [0.15, 0.2) is 0 Å². The van der Waals surface area contributed by atoms with Gasteiger partial charge in [0.1, 0.15) is 6.20 Å². The second-order valence-corrected chi connectivity index (χ2v) is 2.49. The fourth-order valence-electron chi connectivity index (χ4n) is 1.03. The van der Waals surface area contributed by atoms with Crippen molar-refractivity contribution in [1.29, 1.82) is 0 Å². The van der Waals surface area contributed by atoms with E-state index < -0.39 is 0 Å². The third kappa shape index (κ3) is 1.07. The molecule has 0 bridgehead atoms. The summed E-state index contributed by atoms with van der Waals surface area (Å²) >= 11 is 0. The molecule has 1 aromatic carbocycles. The summed E-state index contributed by atoms with van der Waals surface area (Å²) in [6, 6.07) is 5.98. The van der Waals surface area contributed by atoms with Crippen LogP contribution in [0.3, 0.4) is 0 Å². The molecule has 0 unspecified atom stereocenters. The zero-order valence-electron chi connectivity index (χ0n) is 6.20. The second kappa shape index (κ2) is 2.31. The molecule has 0 spiro atoms. The summed E-state index contributed by atoms with van der Waals surface area (Å²) in [4.78, 5) is 8.16. The van der Waals surface area contributed by atoms with Crippen LogP contribution < -0.4 is 0 Å². The molecule has 53 valence electrons. The molecule has 0 saturated carbocycles. The summed E-state index contributed by atoms with van der Waals surface area (Å²) in [5.41, 5.74) is 3.04. The van der Waals surface area contributed by atoms with E-state index in [9.17, 15) is 0 Å². The molecule has 0 saturated heterocycles. The van der Waals surface area contributed by atoms with Gasteiger partial charge in [0, 0.05) is 0 Å². The van der Waals surface area contributed by atoms with Gasteiger partial charge in [-0.3, -0.25) is 4.98 Å². The largest absolute Gasteiger partial charge is 0.252 e. The van der Waals surface area contributed by atoms with E-state index in [-0.39, 0.29) is 0 Å². The quantitative estimate of drug-likeness (QED) is 0.561. The number of rotatable bonds is 0. The Hall–Kier alpha value is -1.44. The van der Waals surface area contributed by atoms with Crippen LogP contribution in [-0.4, -0.2) is 9.97 Å². The molecule has 0 fully saturated rings. The summed E-state index contributed by atoms with van der Waals surface area (Å²) in [7, 11) is 0. The lowest BCUT2D eigenvalue weighted by molar-refractivity contribution is 1.27. The third-order valence-electron chi connectivity index (χ3n) is 1.58. The third-order valence-corrected chi connectivity index (χ3v) is 1.58. The highest BCUT2D eigenvalue weighted by Gasteiger charge is 1.92. The monoisotopic (exact) mass is 143 g/mol. The van der Waals surface area contributed by atoms with Crippen LogP contribution in [0.15, 0.2) is 24.4 Å². The van der Waals surface area contributed by atoms with Gasteiger partial charge in [-0.25, -0.2) is 4.98 Å². The Morgan fingerprint density at radius 1 is 1.27 bits per heavy atom. The van der Waals surface area contributed by atoms with Gasteiger partial charge in [0.25, 0.3) is 0 Å². The zero-order valence-corrected chi connectivity index (χ0v) is 6.20. The number of fused-ring (bicyclic) bond motifs is 1. The van der Waals surface area contributed by atoms with Crippen LogP contribution in [0.4, 0.5) is 0 Å². The average molecular weight is 143 g/mol. The normalized spacial score (nSPS) is 10.3. The lowest BCUT2D eigenvalue weighted by Gasteiger charge is -1.94. The number of aryl methyl sites for hydroxylation is 1. The van der Waals surface area contributed by atoms with Gasteiger partial charge >= 0.3 is 0 Å². The lowest BCUT2D eigenvalue weighted by atomic mass is 10.2. The van der Waals surface area contributed by atoms with E-state index in [0.29, 0.717) is 0 Å². The molecule has 0 aliphatic rings. The summed E-state index contributed by atoms with van der Waals surface area (Å²) in [6.45, 7) is 2.04. The number of nitrogens with zero attached hydrogens (tertiary/aromatic N) is 2. The Kier molecular flexibility index (Phi) is 1.32. The van der Waals surface area contributed by atoms with Gasteiger partial charge < -0.3 is 0 Å². The Morgan fingerprint density at radius 3 is 3.09 bits per heavy atom. The summed E-state index contributed by atoms with van der Waals surface area (Å²) in [5.74, 6) is 0. The van der Waals surface area contributed by atoms with Gasteiger partial charge in [-0.1, -0.05) is 6.07 Å². The van der Waals surface area contributed by atoms with E-state index in [2.05, 4.69) is 16.2 Å². The standard InChI is InChI=1S/C9H7N2/c1-7-2-3-8-9(6-7)11-5-4-10-8/h2-3,5-6H,1H3. The maximum atomic E-state index is 4.12. The van der Waals surface area contributed by atoms with Crippen LogP contribution in [-0.2, 0) is 0 Å². The van der Waals surface area contributed by atoms with Crippen LogP contribution in [0.2, 0.25) is 0 Å². The molecule has 2 rings (SSSR count). The summed E-state index contributed by atoms with van der Waals surface area (Å²) < 4.78 is 0. The van der Waals surface area contributed by atoms with Crippen LogP contribution >= 0.6 is 0 Å². The van der Waals surface area contributed by atoms with Crippen LogP contribution in [0.5, 0.6) is 0 Å². The molecule has 2 heteroatoms. The summed E-state index contributed by atoms with van der Waals surface area (Å²) in [6.07, 6.45) is 4.28. The van der Waals surface area contributed by atoms with E-state index in [1.807, 2.05) is 25.1 Å². The molecule has 1 radical (unpaired) electrons. The maximum Gasteiger partial charge on any atom is 0.109 e. The molecule has 0 N–H and O–H groups in total. The van der Waals surface area contributed by atoms with Gasteiger partial charge in [-0.05, 0) is 24.6 Å². The molecular weight excluding hydrogens is 136 g/mol. The first-order chi connectivity index (χ1) is 5.36. The molecule has 0 amide bonds. The minimum Gasteiger partial charge on any atom is -0.252 e. The number of hydrogen-bond donors (Lipinski definition) is 0. The Morgan fingerprint density at radius 2 is 2.18 bits per heavy atom. The Balaban J connectivity index is 2.83. The molecule has 1 heterocycles. The smallest absolute Gasteiger partial charge is 0.109 e. The van der Waals surface area contributed by atoms with E-state index in [4.69, 9.17) is 0 Å². The van der Waals surface area contributed by atoms with Crippen LogP contribution in [0.25, 0.3) is 11.0 Å². The van der Waals surface area contributed by atoms with Crippen molar-refractivity contribution in [3.63, 3.8) is 0 Å². The number of aromatic nitrogens is 2. The van der Waals surface area contributed by atoms with Crippen molar-refractivity contribution in [1.82, 2.24) is 9.97 Å². The maximum absolute atomic E-state index is 4.12. The van der Waals surface area contributed by atoms with E-state index in [1.54, 1.807) is 6.20 Å². The minimum atomic E-state index is 0.901. The fraction of sp³-hybridized carbons (Fsp3) is 0.111. The SMILES string of the molecule is Cc1ccc2n[c]cnc2c1. The Labute approximate surface area is 64.9 Å². The first-order valence-electron chi connectivity index (χ1n) is 3.46. The van der Waals surface area contributed by atoms with Crippen molar-refractivity contribution in [2.75, 3.05) is 0 Å². The average Bonchev–Trinajstić information content (AvgIpc) is 2.04. The number of hydrogen-bond acceptors (Lipinski definition) is 2. The van der Waals surface area contributed by atoms with E-state index in [0.717, 1.165) is 11.0 Å². The molecule has 0 atom stereocenters. The fourth-order valence-corrected chi connectivity index (χ4v) is 1.03. The van der Waals surface area contributed by atoms with E-state index >= 15 is 0 Å². The highest BCUT2D eigenvalue weighted by Crippen LogP contribution is 2.08.